The molecule has 10 nitrogen and oxygen atoms in total. The number of hydrogen-bond donors (Lipinski definition) is 1. The third kappa shape index (κ3) is 5.08. The SMILES string of the molecule is COc1cc2c3c(n(-c4ccc(Cl)c(Cl)c4F)c(=O)nc3c1OC1CCN(C(=O)OC(C)(C)C)CC1)N=CN2. The molecule has 39 heavy (non-hydrogen) atoms. The third-order valence-electron chi connectivity index (χ3n) is 6.32. The van der Waals surface area contributed by atoms with Crippen LogP contribution in [0.4, 0.5) is 20.7 Å². The number of hydrogen-bond acceptors (Lipinski definition) is 8. The first-order valence-corrected chi connectivity index (χ1v) is 13.0. The van der Waals surface area contributed by atoms with Gasteiger partial charge in [-0.2, -0.15) is 4.98 Å². The highest BCUT2D eigenvalue weighted by atomic mass is 35.5. The summed E-state index contributed by atoms with van der Waals surface area (Å²) in [6.45, 7) is 6.33. The van der Waals surface area contributed by atoms with Crippen LogP contribution in [0.15, 0.2) is 28.0 Å². The Morgan fingerprint density at radius 2 is 1.92 bits per heavy atom. The van der Waals surface area contributed by atoms with Gasteiger partial charge in [0.2, 0.25) is 0 Å². The van der Waals surface area contributed by atoms with Gasteiger partial charge in [0.25, 0.3) is 0 Å². The highest BCUT2D eigenvalue weighted by Gasteiger charge is 2.31. The normalized spacial score (nSPS) is 15.3. The Hall–Kier alpha value is -3.57. The van der Waals surface area contributed by atoms with E-state index in [9.17, 15) is 9.59 Å². The number of carbonyl (C=O) groups excluding carboxylic acids is 1. The molecule has 0 unspecified atom stereocenters. The van der Waals surface area contributed by atoms with E-state index >= 15 is 4.39 Å². The molecule has 0 aliphatic carbocycles. The lowest BCUT2D eigenvalue weighted by molar-refractivity contribution is 0.0125. The average Bonchev–Trinajstić information content (AvgIpc) is 2.89. The molecule has 1 fully saturated rings. The molecule has 2 aliphatic heterocycles. The van der Waals surface area contributed by atoms with Crippen molar-refractivity contribution in [2.75, 3.05) is 25.5 Å². The zero-order valence-corrected chi connectivity index (χ0v) is 23.2. The molecule has 206 valence electrons. The maximum atomic E-state index is 15.1. The Bertz CT molecular complexity index is 1560. The summed E-state index contributed by atoms with van der Waals surface area (Å²) in [5.74, 6) is -0.124. The predicted octanol–water partition coefficient (Wildman–Crippen LogP) is 5.70. The van der Waals surface area contributed by atoms with Crippen LogP contribution in [0.3, 0.4) is 0 Å². The maximum absolute atomic E-state index is 15.1. The Labute approximate surface area is 233 Å². The quantitative estimate of drug-likeness (QED) is 0.396. The van der Waals surface area contributed by atoms with Crippen molar-refractivity contribution in [2.45, 2.75) is 45.3 Å². The van der Waals surface area contributed by atoms with E-state index in [0.29, 0.717) is 42.8 Å². The Morgan fingerprint density at radius 1 is 1.21 bits per heavy atom. The van der Waals surface area contributed by atoms with E-state index in [1.807, 2.05) is 20.8 Å². The summed E-state index contributed by atoms with van der Waals surface area (Å²) < 4.78 is 33.5. The summed E-state index contributed by atoms with van der Waals surface area (Å²) >= 11 is 12.0. The number of rotatable bonds is 4. The van der Waals surface area contributed by atoms with Crippen LogP contribution in [-0.4, -0.2) is 58.8 Å². The molecule has 2 aromatic carbocycles. The van der Waals surface area contributed by atoms with Crippen LogP contribution in [-0.2, 0) is 4.74 Å². The second-order valence-electron chi connectivity index (χ2n) is 10.1. The van der Waals surface area contributed by atoms with Gasteiger partial charge in [0.1, 0.15) is 17.2 Å². The smallest absolute Gasteiger partial charge is 0.410 e. The number of piperidine rings is 1. The van der Waals surface area contributed by atoms with E-state index in [1.54, 1.807) is 11.0 Å². The monoisotopic (exact) mass is 577 g/mol. The lowest BCUT2D eigenvalue weighted by Crippen LogP contribution is -2.44. The van der Waals surface area contributed by atoms with Gasteiger partial charge in [-0.1, -0.05) is 23.2 Å². The van der Waals surface area contributed by atoms with Crippen molar-refractivity contribution in [1.82, 2.24) is 14.5 Å². The van der Waals surface area contributed by atoms with Crippen LogP contribution in [0, 0.1) is 5.82 Å². The third-order valence-corrected chi connectivity index (χ3v) is 7.10. The second kappa shape index (κ2) is 10.2. The first-order valence-electron chi connectivity index (χ1n) is 12.2. The number of nitrogens with one attached hydrogen (secondary N) is 1. The molecule has 1 N–H and O–H groups in total. The van der Waals surface area contributed by atoms with Crippen molar-refractivity contribution in [3.8, 4) is 17.2 Å². The fourth-order valence-electron chi connectivity index (χ4n) is 4.53. The Morgan fingerprint density at radius 3 is 2.59 bits per heavy atom. The fourth-order valence-corrected chi connectivity index (χ4v) is 4.83. The van der Waals surface area contributed by atoms with E-state index in [2.05, 4.69) is 15.3 Å². The van der Waals surface area contributed by atoms with Crippen molar-refractivity contribution in [2.24, 2.45) is 4.99 Å². The molecule has 0 bridgehead atoms. The van der Waals surface area contributed by atoms with Gasteiger partial charge in [-0.05, 0) is 32.9 Å². The Balaban J connectivity index is 1.54. The zero-order chi connectivity index (χ0) is 28.1. The first-order chi connectivity index (χ1) is 18.5. The van der Waals surface area contributed by atoms with Crippen LogP contribution < -0.4 is 20.5 Å². The molecule has 0 radical (unpaired) electrons. The number of aliphatic imine (C=N–C) groups is 1. The average molecular weight is 578 g/mol. The van der Waals surface area contributed by atoms with Gasteiger partial charge in [-0.25, -0.2) is 23.5 Å². The van der Waals surface area contributed by atoms with Crippen LogP contribution in [0.25, 0.3) is 16.6 Å². The molecule has 1 saturated heterocycles. The minimum atomic E-state index is -0.874. The first kappa shape index (κ1) is 27.0. The lowest BCUT2D eigenvalue weighted by atomic mass is 10.1. The number of ether oxygens (including phenoxy) is 3. The van der Waals surface area contributed by atoms with E-state index in [1.165, 1.54) is 25.6 Å². The topological polar surface area (TPSA) is 107 Å². The molecule has 2 aliphatic rings. The van der Waals surface area contributed by atoms with Gasteiger partial charge in [0.15, 0.2) is 23.1 Å². The molecule has 0 atom stereocenters. The minimum Gasteiger partial charge on any atom is -0.493 e. The number of aromatic nitrogens is 2. The molecule has 13 heteroatoms. The molecule has 3 aromatic rings. The van der Waals surface area contributed by atoms with Gasteiger partial charge in [0, 0.05) is 32.0 Å². The number of halogens is 3. The second-order valence-corrected chi connectivity index (χ2v) is 10.9. The molecule has 0 saturated carbocycles. The highest BCUT2D eigenvalue weighted by molar-refractivity contribution is 6.42. The van der Waals surface area contributed by atoms with E-state index in [-0.39, 0.29) is 45.0 Å². The number of methoxy groups -OCH3 is 1. The van der Waals surface area contributed by atoms with E-state index in [0.717, 1.165) is 4.57 Å². The summed E-state index contributed by atoms with van der Waals surface area (Å²) in [5, 5.41) is 3.15. The van der Waals surface area contributed by atoms with Crippen molar-refractivity contribution >= 4 is 58.0 Å². The Kier molecular flexibility index (Phi) is 7.06. The van der Waals surface area contributed by atoms with Crippen LogP contribution in [0.5, 0.6) is 11.5 Å². The zero-order valence-electron chi connectivity index (χ0n) is 21.7. The minimum absolute atomic E-state index is 0.0114. The largest absolute Gasteiger partial charge is 0.493 e. The van der Waals surface area contributed by atoms with Gasteiger partial charge >= 0.3 is 11.8 Å². The molecule has 1 aromatic heterocycles. The van der Waals surface area contributed by atoms with Gasteiger partial charge in [-0.15, -0.1) is 0 Å². The molecule has 5 rings (SSSR count). The number of benzene rings is 2. The lowest BCUT2D eigenvalue weighted by Gasteiger charge is -2.34. The highest BCUT2D eigenvalue weighted by Crippen LogP contribution is 2.45. The number of likely N-dealkylation sites (tertiary alicyclic amines) is 1. The summed E-state index contributed by atoms with van der Waals surface area (Å²) in [6.07, 6.45) is 1.78. The fraction of sp³-hybridized carbons (Fsp3) is 0.385. The molecule has 0 spiro atoms. The van der Waals surface area contributed by atoms with Crippen molar-refractivity contribution in [1.29, 1.82) is 0 Å². The predicted molar refractivity (Wildman–Crippen MR) is 147 cm³/mol. The summed E-state index contributed by atoms with van der Waals surface area (Å²) in [6, 6.07) is 4.43. The van der Waals surface area contributed by atoms with Gasteiger partial charge in [0.05, 0.1) is 40.3 Å². The molecular formula is C26H26Cl2FN5O5. The van der Waals surface area contributed by atoms with E-state index < -0.39 is 17.1 Å². The van der Waals surface area contributed by atoms with E-state index in [4.69, 9.17) is 37.4 Å². The summed E-state index contributed by atoms with van der Waals surface area (Å²) in [7, 11) is 1.48. The number of nitrogens with zero attached hydrogens (tertiary/aromatic N) is 4. The van der Waals surface area contributed by atoms with Gasteiger partial charge in [-0.3, -0.25) is 0 Å². The van der Waals surface area contributed by atoms with Crippen LogP contribution in [0.1, 0.15) is 33.6 Å². The number of amides is 1. The van der Waals surface area contributed by atoms with Crippen LogP contribution in [0.2, 0.25) is 10.0 Å². The van der Waals surface area contributed by atoms with Crippen molar-refractivity contribution < 1.29 is 23.4 Å². The van der Waals surface area contributed by atoms with Gasteiger partial charge < -0.3 is 24.4 Å². The summed E-state index contributed by atoms with van der Waals surface area (Å²) in [4.78, 5) is 36.0. The summed E-state index contributed by atoms with van der Waals surface area (Å²) in [5.41, 5.74) is -0.772. The van der Waals surface area contributed by atoms with Crippen molar-refractivity contribution in [3.05, 3.63) is 44.5 Å². The molecule has 1 amide bonds. The maximum Gasteiger partial charge on any atom is 0.410 e. The number of anilines is 1. The molecular weight excluding hydrogens is 552 g/mol. The van der Waals surface area contributed by atoms with Crippen LogP contribution >= 0.6 is 23.2 Å². The standard InChI is InChI=1S/C26H26Cl2FN5O5/c1-26(2,3)39-25(36)33-9-7-13(8-10-33)38-22-17(37-4)11-15-18-21(22)32-24(35)34(23(18)31-12-30-15)16-6-5-14(27)19(28)20(16)29/h5-6,11-13H,7-10H2,1-4H3,(H,30,31). The van der Waals surface area contributed by atoms with Crippen molar-refractivity contribution in [3.63, 3.8) is 0 Å². The number of carbonyl (C=O) groups is 1. The molecule has 3 heterocycles.